The maximum Gasteiger partial charge on any atom is 0.293 e. The summed E-state index contributed by atoms with van der Waals surface area (Å²) in [5.74, 6) is -0.759. The molecule has 0 atom stereocenters. The van der Waals surface area contributed by atoms with Gasteiger partial charge in [0.15, 0.2) is 5.78 Å². The fourth-order valence-corrected chi connectivity index (χ4v) is 3.54. The zero-order valence-electron chi connectivity index (χ0n) is 12.7. The lowest BCUT2D eigenvalue weighted by Gasteiger charge is -2.11. The Balaban J connectivity index is 1.76. The van der Waals surface area contributed by atoms with Crippen molar-refractivity contribution >= 4 is 69.0 Å². The van der Waals surface area contributed by atoms with E-state index in [4.69, 9.17) is 11.6 Å². The normalized spacial score (nSPS) is 15.9. The molecule has 2 aromatic rings. The first-order valence-corrected chi connectivity index (χ1v) is 9.51. The van der Waals surface area contributed by atoms with Gasteiger partial charge in [0, 0.05) is 14.2 Å². The monoisotopic (exact) mass is 483 g/mol. The molecule has 2 amide bonds. The summed E-state index contributed by atoms with van der Waals surface area (Å²) < 4.78 is 1.08. The number of nitrogens with zero attached hydrogens (tertiary/aromatic N) is 1. The highest BCUT2D eigenvalue weighted by molar-refractivity contribution is 14.1. The maximum atomic E-state index is 12.4. The molecule has 1 saturated heterocycles. The van der Waals surface area contributed by atoms with E-state index in [2.05, 4.69) is 22.6 Å². The van der Waals surface area contributed by atoms with E-state index < -0.39 is 11.1 Å². The summed E-state index contributed by atoms with van der Waals surface area (Å²) in [5, 5.41) is 0.0762. The van der Waals surface area contributed by atoms with Gasteiger partial charge in [-0.25, -0.2) is 0 Å². The molecule has 25 heavy (non-hydrogen) atoms. The lowest BCUT2D eigenvalue weighted by molar-refractivity contribution is -0.122. The third-order valence-electron chi connectivity index (χ3n) is 3.51. The Kier molecular flexibility index (Phi) is 5.61. The highest BCUT2D eigenvalue weighted by Gasteiger charge is 2.36. The fraction of sp³-hybridized carbons (Fsp3) is 0.0556. The molecule has 0 aromatic heterocycles. The van der Waals surface area contributed by atoms with Crippen molar-refractivity contribution in [3.63, 3.8) is 0 Å². The van der Waals surface area contributed by atoms with Crippen LogP contribution in [0.1, 0.15) is 15.9 Å². The molecule has 0 spiro atoms. The fourth-order valence-electron chi connectivity index (χ4n) is 2.22. The van der Waals surface area contributed by atoms with Crippen LogP contribution in [0.15, 0.2) is 53.4 Å². The third-order valence-corrected chi connectivity index (χ3v) is 5.39. The predicted molar refractivity (Wildman–Crippen MR) is 108 cm³/mol. The lowest BCUT2D eigenvalue weighted by Crippen LogP contribution is -2.33. The van der Waals surface area contributed by atoms with E-state index in [1.807, 2.05) is 24.3 Å². The van der Waals surface area contributed by atoms with Crippen LogP contribution in [0.2, 0.25) is 5.02 Å². The van der Waals surface area contributed by atoms with Gasteiger partial charge >= 0.3 is 0 Å². The van der Waals surface area contributed by atoms with E-state index in [-0.39, 0.29) is 12.3 Å². The first kappa shape index (κ1) is 18.2. The van der Waals surface area contributed by atoms with E-state index in [0.717, 1.165) is 25.8 Å². The van der Waals surface area contributed by atoms with Gasteiger partial charge in [-0.15, -0.1) is 0 Å². The van der Waals surface area contributed by atoms with Gasteiger partial charge in [-0.2, -0.15) is 0 Å². The zero-order chi connectivity index (χ0) is 18.0. The van der Waals surface area contributed by atoms with Crippen LogP contribution in [0.4, 0.5) is 4.79 Å². The second-order valence-electron chi connectivity index (χ2n) is 5.25. The number of carbonyl (C=O) groups is 3. The summed E-state index contributed by atoms with van der Waals surface area (Å²) in [6.07, 6.45) is 1.66. The molecule has 1 fully saturated rings. The van der Waals surface area contributed by atoms with Gasteiger partial charge in [-0.1, -0.05) is 23.7 Å². The summed E-state index contributed by atoms with van der Waals surface area (Å²) in [6, 6.07) is 13.9. The minimum Gasteiger partial charge on any atom is -0.292 e. The van der Waals surface area contributed by atoms with Crippen molar-refractivity contribution in [2.45, 2.75) is 0 Å². The Morgan fingerprint density at radius 2 is 1.72 bits per heavy atom. The molecule has 1 aliphatic heterocycles. The number of hydrogen-bond donors (Lipinski definition) is 0. The summed E-state index contributed by atoms with van der Waals surface area (Å²) >= 11 is 8.83. The topological polar surface area (TPSA) is 54.5 Å². The number of rotatable bonds is 4. The average molecular weight is 484 g/mol. The van der Waals surface area contributed by atoms with E-state index in [1.165, 1.54) is 0 Å². The highest BCUT2D eigenvalue weighted by Crippen LogP contribution is 2.32. The Bertz CT molecular complexity index is 878. The average Bonchev–Trinajstić information content (AvgIpc) is 2.85. The van der Waals surface area contributed by atoms with E-state index in [9.17, 15) is 14.4 Å². The van der Waals surface area contributed by atoms with Crippen molar-refractivity contribution in [1.82, 2.24) is 4.90 Å². The van der Waals surface area contributed by atoms with Crippen LogP contribution in [0, 0.1) is 3.57 Å². The third kappa shape index (κ3) is 4.31. The van der Waals surface area contributed by atoms with Crippen molar-refractivity contribution in [1.29, 1.82) is 0 Å². The molecule has 2 aromatic carbocycles. The minimum atomic E-state index is -0.448. The number of thioether (sulfide) groups is 1. The SMILES string of the molecule is O=C(CN1C(=O)S/C(=C\c2ccc(I)cc2)C1=O)c1ccc(Cl)cc1. The molecule has 7 heteroatoms. The van der Waals surface area contributed by atoms with Crippen LogP contribution >= 0.6 is 46.0 Å². The predicted octanol–water partition coefficient (Wildman–Crippen LogP) is 4.86. The molecule has 0 saturated carbocycles. The van der Waals surface area contributed by atoms with E-state index >= 15 is 0 Å². The highest BCUT2D eigenvalue weighted by atomic mass is 127. The first-order chi connectivity index (χ1) is 11.9. The number of benzene rings is 2. The molecular formula is C18H11ClINO3S. The molecule has 0 N–H and O–H groups in total. The summed E-state index contributed by atoms with van der Waals surface area (Å²) in [6.45, 7) is -0.281. The molecular weight excluding hydrogens is 473 g/mol. The number of hydrogen-bond acceptors (Lipinski definition) is 4. The number of imide groups is 1. The summed E-state index contributed by atoms with van der Waals surface area (Å²) in [4.78, 5) is 38.1. The zero-order valence-corrected chi connectivity index (χ0v) is 16.5. The minimum absolute atomic E-state index is 0.281. The van der Waals surface area contributed by atoms with Crippen molar-refractivity contribution < 1.29 is 14.4 Å². The number of ketones is 1. The molecule has 1 heterocycles. The molecule has 126 valence electrons. The largest absolute Gasteiger partial charge is 0.293 e. The van der Waals surface area contributed by atoms with Crippen LogP contribution in [0.5, 0.6) is 0 Å². The molecule has 0 radical (unpaired) electrons. The van der Waals surface area contributed by atoms with Crippen LogP contribution in [-0.2, 0) is 4.79 Å². The quantitative estimate of drug-likeness (QED) is 0.354. The molecule has 4 nitrogen and oxygen atoms in total. The number of halogens is 2. The van der Waals surface area contributed by atoms with Crippen molar-refractivity contribution in [3.05, 3.63) is 73.2 Å². The molecule has 1 aliphatic rings. The van der Waals surface area contributed by atoms with Crippen molar-refractivity contribution in [2.24, 2.45) is 0 Å². The maximum absolute atomic E-state index is 12.4. The van der Waals surface area contributed by atoms with E-state index in [0.29, 0.717) is 15.5 Å². The van der Waals surface area contributed by atoms with Crippen LogP contribution in [-0.4, -0.2) is 28.4 Å². The second kappa shape index (κ2) is 7.72. The Morgan fingerprint density at radius 3 is 2.36 bits per heavy atom. The van der Waals surface area contributed by atoms with E-state index in [1.54, 1.807) is 30.3 Å². The van der Waals surface area contributed by atoms with Gasteiger partial charge in [0.2, 0.25) is 0 Å². The van der Waals surface area contributed by atoms with Crippen LogP contribution in [0.25, 0.3) is 6.08 Å². The standard InChI is InChI=1S/C18H11ClINO3S/c19-13-5-3-12(4-6-13)15(22)10-21-17(23)16(25-18(21)24)9-11-1-7-14(20)8-2-11/h1-9H,10H2/b16-9-. The summed E-state index contributed by atoms with van der Waals surface area (Å²) in [5.41, 5.74) is 1.24. The Hall–Kier alpha value is -1.64. The van der Waals surface area contributed by atoms with Crippen molar-refractivity contribution in [3.8, 4) is 0 Å². The van der Waals surface area contributed by atoms with Gasteiger partial charge in [-0.05, 0) is 82.4 Å². The van der Waals surface area contributed by atoms with Crippen LogP contribution < -0.4 is 0 Å². The lowest BCUT2D eigenvalue weighted by atomic mass is 10.1. The smallest absolute Gasteiger partial charge is 0.292 e. The molecule has 0 unspecified atom stereocenters. The second-order valence-corrected chi connectivity index (χ2v) is 7.92. The van der Waals surface area contributed by atoms with Crippen molar-refractivity contribution in [2.75, 3.05) is 6.54 Å². The van der Waals surface area contributed by atoms with Gasteiger partial charge < -0.3 is 0 Å². The first-order valence-electron chi connectivity index (χ1n) is 7.24. The van der Waals surface area contributed by atoms with Gasteiger partial charge in [0.25, 0.3) is 11.1 Å². The molecule has 3 rings (SSSR count). The van der Waals surface area contributed by atoms with Gasteiger partial charge in [0.1, 0.15) is 0 Å². The van der Waals surface area contributed by atoms with Gasteiger partial charge in [0.05, 0.1) is 11.4 Å². The molecule has 0 bridgehead atoms. The number of carbonyl (C=O) groups excluding carboxylic acids is 3. The number of Topliss-reactive ketones (excluding diaryl/α,β-unsaturated/α-hetero) is 1. The molecule has 0 aliphatic carbocycles. The van der Waals surface area contributed by atoms with Gasteiger partial charge in [-0.3, -0.25) is 19.3 Å². The summed E-state index contributed by atoms with van der Waals surface area (Å²) in [7, 11) is 0. The number of amides is 2. The van der Waals surface area contributed by atoms with Crippen LogP contribution in [0.3, 0.4) is 0 Å². The Labute approximate surface area is 167 Å². The Morgan fingerprint density at radius 1 is 1.08 bits per heavy atom.